The zero-order valence-corrected chi connectivity index (χ0v) is 45.0. The Morgan fingerprint density at radius 3 is 1.48 bits per heavy atom. The minimum atomic E-state index is -4.73. The number of thiophene rings is 2. The van der Waals surface area contributed by atoms with Crippen molar-refractivity contribution >= 4 is 56.6 Å². The third kappa shape index (κ3) is 14.1. The highest BCUT2D eigenvalue weighted by atomic mass is 32.1. The summed E-state index contributed by atoms with van der Waals surface area (Å²) in [5, 5.41) is 42.0. The fourth-order valence-corrected chi connectivity index (χ4v) is 11.5. The first-order chi connectivity index (χ1) is 37.6. The molecule has 3 aromatic carbocycles. The monoisotopic (exact) mass is 1210 g/mol. The number of alkyl halides is 8. The number of nitrogens with zero attached hydrogens (tertiary/aromatic N) is 9. The topological polar surface area (TPSA) is 149 Å². The summed E-state index contributed by atoms with van der Waals surface area (Å²) < 4.78 is 150. The van der Waals surface area contributed by atoms with E-state index in [9.17, 15) is 50.4 Å². The van der Waals surface area contributed by atoms with Crippen LogP contribution in [-0.4, -0.2) is 124 Å². The Morgan fingerprint density at radius 1 is 0.602 bits per heavy atom. The number of aromatic nitrogens is 5. The molecule has 3 aliphatic rings. The molecule has 3 atom stereocenters. The fourth-order valence-electron chi connectivity index (χ4n) is 9.32. The summed E-state index contributed by atoms with van der Waals surface area (Å²) in [4.78, 5) is 12.0. The summed E-state index contributed by atoms with van der Waals surface area (Å²) in [6.07, 6.45) is -12.2. The molecule has 0 saturated carbocycles. The van der Waals surface area contributed by atoms with Gasteiger partial charge < -0.3 is 44.2 Å². The van der Waals surface area contributed by atoms with Gasteiger partial charge in [0.2, 0.25) is 0 Å². The van der Waals surface area contributed by atoms with E-state index in [1.54, 1.807) is 24.3 Å². The number of benzene rings is 3. The highest BCUT2D eigenvalue weighted by molar-refractivity contribution is 7.16. The van der Waals surface area contributed by atoms with Gasteiger partial charge in [-0.3, -0.25) is 4.98 Å². The molecule has 7 aromatic rings. The van der Waals surface area contributed by atoms with Gasteiger partial charge in [-0.2, -0.15) is 35.1 Å². The zero-order valence-electron chi connectivity index (χ0n) is 43.3. The van der Waals surface area contributed by atoms with Crippen molar-refractivity contribution in [3.8, 4) is 11.1 Å². The molecular formula is C56H66BF10N9O5S2. The van der Waals surface area contributed by atoms with Gasteiger partial charge in [-0.25, -0.2) is 13.5 Å². The van der Waals surface area contributed by atoms with Crippen LogP contribution in [0.5, 0.6) is 0 Å². The second kappa shape index (κ2) is 25.5. The molecular weight excluding hydrogens is 1140 g/mol. The summed E-state index contributed by atoms with van der Waals surface area (Å²) in [6.45, 7) is 12.3. The summed E-state index contributed by atoms with van der Waals surface area (Å²) in [6, 6.07) is 25.6. The third-order valence-corrected chi connectivity index (χ3v) is 17.1. The van der Waals surface area contributed by atoms with E-state index in [4.69, 9.17) is 9.31 Å². The summed E-state index contributed by atoms with van der Waals surface area (Å²) >= 11 is 1.90. The van der Waals surface area contributed by atoms with Crippen molar-refractivity contribution in [3.05, 3.63) is 148 Å². The number of piperazine rings is 2. The lowest BCUT2D eigenvalue weighted by atomic mass is 9.79. The molecule has 0 spiro atoms. The van der Waals surface area contributed by atoms with Gasteiger partial charge >= 0.3 is 25.4 Å². The van der Waals surface area contributed by atoms with E-state index >= 15 is 8.78 Å². The highest BCUT2D eigenvalue weighted by Gasteiger charge is 2.58. The lowest BCUT2D eigenvalue weighted by Gasteiger charge is -2.36. The second-order valence-electron chi connectivity index (χ2n) is 20.4. The molecule has 450 valence electrons. The minimum Gasteiger partial charge on any atom is -0.399 e. The number of aliphatic hydroxyl groups is 3. The summed E-state index contributed by atoms with van der Waals surface area (Å²) in [5.74, 6) is -6.59. The fraction of sp³-hybridized carbons (Fsp3) is 0.429. The maximum Gasteiger partial charge on any atom is 0.494 e. The Labute approximate surface area is 483 Å². The van der Waals surface area contributed by atoms with Crippen molar-refractivity contribution < 1.29 is 68.5 Å². The van der Waals surface area contributed by atoms with Crippen LogP contribution in [0.1, 0.15) is 83.2 Å². The van der Waals surface area contributed by atoms with Crippen molar-refractivity contribution in [1.82, 2.24) is 25.2 Å². The summed E-state index contributed by atoms with van der Waals surface area (Å²) in [7, 11) is -0.397. The Morgan fingerprint density at radius 2 is 1.06 bits per heavy atom. The van der Waals surface area contributed by atoms with Gasteiger partial charge in [0.05, 0.1) is 27.7 Å². The number of aliphatic hydroxyl groups excluding tert-OH is 2. The average Bonchev–Trinajstić information content (AvgIpc) is 3.24. The van der Waals surface area contributed by atoms with E-state index in [1.807, 2.05) is 56.9 Å². The first-order valence-corrected chi connectivity index (χ1v) is 26.7. The van der Waals surface area contributed by atoms with Crippen molar-refractivity contribution in [1.29, 1.82) is 0 Å². The highest BCUT2D eigenvalue weighted by Crippen LogP contribution is 2.47. The van der Waals surface area contributed by atoms with E-state index in [0.717, 1.165) is 86.8 Å². The van der Waals surface area contributed by atoms with Gasteiger partial charge in [-0.15, -0.1) is 27.8 Å². The molecule has 3 saturated heterocycles. The number of anilines is 4. The minimum absolute atomic E-state index is 0. The van der Waals surface area contributed by atoms with Crippen LogP contribution in [0, 0.1) is 11.6 Å². The molecule has 2 unspecified atom stereocenters. The molecule has 3 fully saturated rings. The van der Waals surface area contributed by atoms with Crippen LogP contribution in [0.25, 0.3) is 11.1 Å². The first-order valence-electron chi connectivity index (χ1n) is 25.1. The normalized spacial score (nSPS) is 17.8. The number of tetrazole rings is 1. The SMILES string of the molecule is C.C.C.CC1(C)OB(c2ccc(N3CCN(c4ccc(C(O)C(F)(F)F)s4)CC3)cc2)OC1(C)C.OC(c1ccc(N2CCN(c3ccc(-c4ccc(C(F)(F)[C@](O)(Cn5cnnn5)c5ccc(F)cc5F)nc4)cc3)CC2)s1)C(F)(F)F. The number of rotatable bonds is 13. The molecule has 0 aliphatic carbocycles. The largest absolute Gasteiger partial charge is 0.494 e. The van der Waals surface area contributed by atoms with Gasteiger partial charge in [0, 0.05) is 96.9 Å². The first kappa shape index (κ1) is 65.8. The van der Waals surface area contributed by atoms with Crippen molar-refractivity contribution in [3.63, 3.8) is 0 Å². The van der Waals surface area contributed by atoms with Crippen molar-refractivity contribution in [2.75, 3.05) is 72.0 Å². The van der Waals surface area contributed by atoms with Gasteiger partial charge in [0.1, 0.15) is 23.7 Å². The van der Waals surface area contributed by atoms with Crippen LogP contribution in [-0.2, 0) is 27.4 Å². The van der Waals surface area contributed by atoms with E-state index in [-0.39, 0.29) is 43.2 Å². The number of hydrogen-bond acceptors (Lipinski definition) is 15. The maximum atomic E-state index is 16.1. The van der Waals surface area contributed by atoms with Gasteiger partial charge in [-0.1, -0.05) is 52.6 Å². The molecule has 7 heterocycles. The van der Waals surface area contributed by atoms with Crippen molar-refractivity contribution in [2.45, 2.75) is 104 Å². The second-order valence-corrected chi connectivity index (χ2v) is 22.6. The molecule has 14 nitrogen and oxygen atoms in total. The third-order valence-electron chi connectivity index (χ3n) is 14.7. The Bertz CT molecular complexity index is 3180. The summed E-state index contributed by atoms with van der Waals surface area (Å²) in [5.41, 5.74) is -1.68. The number of halogens is 10. The van der Waals surface area contributed by atoms with E-state index in [2.05, 4.69) is 47.3 Å². The molecule has 0 bridgehead atoms. The molecule has 83 heavy (non-hydrogen) atoms. The van der Waals surface area contributed by atoms with Crippen LogP contribution in [0.4, 0.5) is 65.3 Å². The average molecular weight is 1210 g/mol. The molecule has 27 heteroatoms. The lowest BCUT2D eigenvalue weighted by molar-refractivity contribution is -0.207. The molecule has 3 aliphatic heterocycles. The molecule has 4 aromatic heterocycles. The maximum absolute atomic E-state index is 16.1. The predicted molar refractivity (Wildman–Crippen MR) is 304 cm³/mol. The quantitative estimate of drug-likeness (QED) is 0.0744. The van der Waals surface area contributed by atoms with Crippen molar-refractivity contribution in [2.24, 2.45) is 0 Å². The number of pyridine rings is 1. The Hall–Kier alpha value is -6.36. The molecule has 0 radical (unpaired) electrons. The van der Waals surface area contributed by atoms with E-state index in [1.165, 1.54) is 24.4 Å². The molecule has 0 amide bonds. The molecule has 3 N–H and O–H groups in total. The van der Waals surface area contributed by atoms with Crippen LogP contribution < -0.4 is 25.1 Å². The standard InChI is InChI=1S/C31H26F7N7O2S.C22H28BF3N2O3S.3CH4/c32-21-4-7-23(24(33)15-21)29(47,17-45-18-40-41-42-45)30(34,35)26-9-3-20(16-39-26)19-1-5-22(6-2-19)43-11-13-44(14-12-43)27-10-8-25(48-27)28(46)31(36,37)38;1-20(2)21(3,4)31-23(30-20)15-5-7-16(8-6-15)27-11-13-28(14-12-27)18-10-9-17(32-18)19(29)22(24,25)26;;;/h1-10,15-16,18,28,46-47H,11-14,17H2;5-10,19,29H,11-14H2,1-4H3;3*1H4/t28?,29-;;;;/m0..../s1. The predicted octanol–water partition coefficient (Wildman–Crippen LogP) is 11.6. The van der Waals surface area contributed by atoms with Crippen LogP contribution >= 0.6 is 22.7 Å². The smallest absolute Gasteiger partial charge is 0.399 e. The van der Waals surface area contributed by atoms with Crippen LogP contribution in [0.3, 0.4) is 0 Å². The van der Waals surface area contributed by atoms with E-state index in [0.29, 0.717) is 61.5 Å². The van der Waals surface area contributed by atoms with Crippen LogP contribution in [0.2, 0.25) is 0 Å². The van der Waals surface area contributed by atoms with Gasteiger partial charge in [0.25, 0.3) is 0 Å². The van der Waals surface area contributed by atoms with Gasteiger partial charge in [-0.05, 0) is 116 Å². The Balaban J connectivity index is 0.000000277. The van der Waals surface area contributed by atoms with E-state index < -0.39 is 72.6 Å². The van der Waals surface area contributed by atoms with Gasteiger partial charge in [0.15, 0.2) is 17.8 Å². The zero-order chi connectivity index (χ0) is 57.6. The molecule has 10 rings (SSSR count). The number of hydrogen-bond donors (Lipinski definition) is 3. The Kier molecular flexibility index (Phi) is 20.2. The van der Waals surface area contributed by atoms with Crippen LogP contribution in [0.15, 0.2) is 116 Å². The lowest BCUT2D eigenvalue weighted by Crippen LogP contribution is -2.48.